The van der Waals surface area contributed by atoms with Gasteiger partial charge in [0, 0.05) is 26.2 Å². The maximum Gasteiger partial charge on any atom is 0.243 e. The molecule has 1 aliphatic heterocycles. The first-order valence-electron chi connectivity index (χ1n) is 7.88. The number of nitrogens with zero attached hydrogens (tertiary/aromatic N) is 2. The van der Waals surface area contributed by atoms with Gasteiger partial charge in [-0.3, -0.25) is 4.79 Å². The molecule has 1 saturated heterocycles. The number of piperazine rings is 1. The summed E-state index contributed by atoms with van der Waals surface area (Å²) in [6.07, 6.45) is 0. The van der Waals surface area contributed by atoms with E-state index in [2.05, 4.69) is 13.8 Å². The lowest BCUT2D eigenvalue weighted by atomic mass is 10.0. The van der Waals surface area contributed by atoms with Crippen LogP contribution in [0, 0.1) is 0 Å². The van der Waals surface area contributed by atoms with E-state index in [9.17, 15) is 13.2 Å². The Morgan fingerprint density at radius 1 is 1.04 bits per heavy atom. The first-order valence-corrected chi connectivity index (χ1v) is 9.32. The van der Waals surface area contributed by atoms with Crippen molar-refractivity contribution >= 4 is 28.3 Å². The molecule has 6 nitrogen and oxygen atoms in total. The van der Waals surface area contributed by atoms with Crippen LogP contribution in [0.2, 0.25) is 0 Å². The molecule has 1 aromatic rings. The van der Waals surface area contributed by atoms with Crippen molar-refractivity contribution in [3.05, 3.63) is 29.8 Å². The minimum absolute atomic E-state index is 0. The van der Waals surface area contributed by atoms with Crippen molar-refractivity contribution in [1.82, 2.24) is 9.21 Å². The molecule has 1 aromatic carbocycles. The van der Waals surface area contributed by atoms with E-state index in [1.807, 2.05) is 12.1 Å². The number of carbonyl (C=O) groups is 1. The van der Waals surface area contributed by atoms with Gasteiger partial charge in [0.15, 0.2) is 0 Å². The number of halogens is 1. The highest BCUT2D eigenvalue weighted by Gasteiger charge is 2.30. The standard InChI is InChI=1S/C16H25N3O3S.ClH/c1-12(2)14-4-6-15(7-5-14)23(21,22)19-10-8-18(9-11-19)16(20)13(3)17;/h4-7,12-13H,8-11,17H2,1-3H3;1H/t13-;/m1./s1. The zero-order chi connectivity index (χ0) is 17.2. The fourth-order valence-electron chi connectivity index (χ4n) is 2.61. The van der Waals surface area contributed by atoms with Crippen molar-refractivity contribution in [2.45, 2.75) is 37.6 Å². The van der Waals surface area contributed by atoms with Gasteiger partial charge in [0.25, 0.3) is 0 Å². The van der Waals surface area contributed by atoms with E-state index in [0.717, 1.165) is 5.56 Å². The zero-order valence-corrected chi connectivity index (χ0v) is 15.9. The molecule has 1 heterocycles. The van der Waals surface area contributed by atoms with Crippen LogP contribution in [-0.2, 0) is 14.8 Å². The second-order valence-corrected chi connectivity index (χ2v) is 8.18. The molecule has 0 bridgehead atoms. The quantitative estimate of drug-likeness (QED) is 0.862. The van der Waals surface area contributed by atoms with E-state index in [4.69, 9.17) is 5.73 Å². The molecule has 2 rings (SSSR count). The Bertz CT molecular complexity index is 652. The summed E-state index contributed by atoms with van der Waals surface area (Å²) in [7, 11) is -3.51. The molecule has 0 aliphatic carbocycles. The predicted molar refractivity (Wildman–Crippen MR) is 96.8 cm³/mol. The Balaban J connectivity index is 0.00000288. The van der Waals surface area contributed by atoms with Gasteiger partial charge in [-0.1, -0.05) is 26.0 Å². The van der Waals surface area contributed by atoms with Crippen LogP contribution in [0.5, 0.6) is 0 Å². The third-order valence-corrected chi connectivity index (χ3v) is 6.04. The summed E-state index contributed by atoms with van der Waals surface area (Å²) in [5.74, 6) is 0.225. The number of rotatable bonds is 4. The molecule has 1 atom stereocenters. The Morgan fingerprint density at radius 2 is 1.54 bits per heavy atom. The molecule has 136 valence electrons. The molecule has 0 spiro atoms. The summed E-state index contributed by atoms with van der Waals surface area (Å²) in [5, 5.41) is 0. The van der Waals surface area contributed by atoms with Crippen molar-refractivity contribution in [1.29, 1.82) is 0 Å². The molecule has 24 heavy (non-hydrogen) atoms. The molecular formula is C16H26ClN3O3S. The largest absolute Gasteiger partial charge is 0.339 e. The SMILES string of the molecule is CC(C)c1ccc(S(=O)(=O)N2CCN(C(=O)[C@@H](C)N)CC2)cc1.Cl. The van der Waals surface area contributed by atoms with E-state index in [-0.39, 0.29) is 18.3 Å². The third-order valence-electron chi connectivity index (χ3n) is 4.12. The monoisotopic (exact) mass is 375 g/mol. The summed E-state index contributed by atoms with van der Waals surface area (Å²) in [6, 6.07) is 6.47. The fourth-order valence-corrected chi connectivity index (χ4v) is 4.03. The summed E-state index contributed by atoms with van der Waals surface area (Å²) < 4.78 is 26.8. The number of hydrogen-bond acceptors (Lipinski definition) is 4. The molecule has 0 saturated carbocycles. The van der Waals surface area contributed by atoms with Gasteiger partial charge in [-0.15, -0.1) is 12.4 Å². The van der Waals surface area contributed by atoms with Gasteiger partial charge in [0.1, 0.15) is 0 Å². The number of nitrogens with two attached hydrogens (primary N) is 1. The molecular weight excluding hydrogens is 350 g/mol. The van der Waals surface area contributed by atoms with Crippen molar-refractivity contribution < 1.29 is 13.2 Å². The Kier molecular flexibility index (Phi) is 7.22. The summed E-state index contributed by atoms with van der Waals surface area (Å²) in [5.41, 5.74) is 6.70. The molecule has 1 aliphatic rings. The molecule has 2 N–H and O–H groups in total. The Morgan fingerprint density at radius 3 is 1.96 bits per heavy atom. The molecule has 0 radical (unpaired) electrons. The van der Waals surface area contributed by atoms with E-state index < -0.39 is 16.1 Å². The summed E-state index contributed by atoms with van der Waals surface area (Å²) in [4.78, 5) is 13.8. The molecule has 0 aromatic heterocycles. The average Bonchev–Trinajstić information content (AvgIpc) is 2.54. The first-order chi connectivity index (χ1) is 10.7. The maximum absolute atomic E-state index is 12.7. The van der Waals surface area contributed by atoms with Gasteiger partial charge in [-0.05, 0) is 30.5 Å². The van der Waals surface area contributed by atoms with Crippen molar-refractivity contribution in [2.75, 3.05) is 26.2 Å². The maximum atomic E-state index is 12.7. The molecule has 1 amide bonds. The van der Waals surface area contributed by atoms with Crippen LogP contribution < -0.4 is 5.73 Å². The van der Waals surface area contributed by atoms with Gasteiger partial charge >= 0.3 is 0 Å². The van der Waals surface area contributed by atoms with Gasteiger partial charge in [0.05, 0.1) is 10.9 Å². The van der Waals surface area contributed by atoms with Crippen molar-refractivity contribution in [3.8, 4) is 0 Å². The smallest absolute Gasteiger partial charge is 0.243 e. The van der Waals surface area contributed by atoms with E-state index in [1.165, 1.54) is 4.31 Å². The van der Waals surface area contributed by atoms with Gasteiger partial charge in [-0.2, -0.15) is 4.31 Å². The Labute approximate surface area is 150 Å². The highest BCUT2D eigenvalue weighted by molar-refractivity contribution is 7.89. The topological polar surface area (TPSA) is 83.7 Å². The number of hydrogen-bond donors (Lipinski definition) is 1. The van der Waals surface area contributed by atoms with Crippen LogP contribution in [0.1, 0.15) is 32.3 Å². The van der Waals surface area contributed by atoms with Gasteiger partial charge in [0.2, 0.25) is 15.9 Å². The Hall–Kier alpha value is -1.15. The van der Waals surface area contributed by atoms with Crippen molar-refractivity contribution in [3.63, 3.8) is 0 Å². The lowest BCUT2D eigenvalue weighted by molar-refractivity contribution is -0.133. The molecule has 1 fully saturated rings. The molecule has 0 unspecified atom stereocenters. The van der Waals surface area contributed by atoms with Crippen LogP contribution in [-0.4, -0.2) is 55.8 Å². The molecule has 8 heteroatoms. The van der Waals surface area contributed by atoms with Crippen LogP contribution >= 0.6 is 12.4 Å². The third kappa shape index (κ3) is 4.47. The summed E-state index contributed by atoms with van der Waals surface area (Å²) in [6.45, 7) is 7.13. The number of sulfonamides is 1. The van der Waals surface area contributed by atoms with E-state index in [1.54, 1.807) is 24.0 Å². The average molecular weight is 376 g/mol. The predicted octanol–water partition coefficient (Wildman–Crippen LogP) is 1.41. The number of benzene rings is 1. The second-order valence-electron chi connectivity index (χ2n) is 6.24. The van der Waals surface area contributed by atoms with Gasteiger partial charge < -0.3 is 10.6 Å². The van der Waals surface area contributed by atoms with E-state index >= 15 is 0 Å². The number of carbonyl (C=O) groups excluding carboxylic acids is 1. The first kappa shape index (κ1) is 20.9. The van der Waals surface area contributed by atoms with Crippen LogP contribution in [0.25, 0.3) is 0 Å². The highest BCUT2D eigenvalue weighted by atomic mass is 35.5. The van der Waals surface area contributed by atoms with Crippen molar-refractivity contribution in [2.24, 2.45) is 5.73 Å². The normalized spacial score (nSPS) is 17.5. The second kappa shape index (κ2) is 8.29. The highest BCUT2D eigenvalue weighted by Crippen LogP contribution is 2.21. The van der Waals surface area contributed by atoms with Crippen LogP contribution in [0.15, 0.2) is 29.2 Å². The van der Waals surface area contributed by atoms with Crippen LogP contribution in [0.3, 0.4) is 0 Å². The lowest BCUT2D eigenvalue weighted by Crippen LogP contribution is -2.53. The fraction of sp³-hybridized carbons (Fsp3) is 0.562. The van der Waals surface area contributed by atoms with Gasteiger partial charge in [-0.25, -0.2) is 8.42 Å². The summed E-state index contributed by atoms with van der Waals surface area (Å²) >= 11 is 0. The van der Waals surface area contributed by atoms with Crippen LogP contribution in [0.4, 0.5) is 0 Å². The van der Waals surface area contributed by atoms with E-state index in [0.29, 0.717) is 37.0 Å². The lowest BCUT2D eigenvalue weighted by Gasteiger charge is -2.34. The number of amides is 1. The minimum Gasteiger partial charge on any atom is -0.339 e. The minimum atomic E-state index is -3.51. The zero-order valence-electron chi connectivity index (χ0n) is 14.3.